The molecule has 3 nitrogen and oxygen atoms in total. The average Bonchev–Trinajstić information content (AvgIpc) is 3.19. The first-order valence-corrected chi connectivity index (χ1v) is 10.9. The molecule has 30 heavy (non-hydrogen) atoms. The number of aryl methyl sites for hydroxylation is 1. The van der Waals surface area contributed by atoms with Crippen molar-refractivity contribution in [1.29, 1.82) is 0 Å². The molecule has 2 aromatic carbocycles. The Bertz CT molecular complexity index is 1000. The van der Waals surface area contributed by atoms with Gasteiger partial charge >= 0.3 is 0 Å². The van der Waals surface area contributed by atoms with Crippen molar-refractivity contribution >= 4 is 5.91 Å². The number of nitrogens with zero attached hydrogens (tertiary/aromatic N) is 2. The summed E-state index contributed by atoms with van der Waals surface area (Å²) in [5.41, 5.74) is 3.71. The summed E-state index contributed by atoms with van der Waals surface area (Å²) in [6.45, 7) is 3.35. The van der Waals surface area contributed by atoms with Crippen molar-refractivity contribution in [3.05, 3.63) is 95.1 Å². The summed E-state index contributed by atoms with van der Waals surface area (Å²) in [5.74, 6) is -0.651. The molecule has 0 unspecified atom stereocenters. The predicted octanol–water partition coefficient (Wildman–Crippen LogP) is 5.96. The molecule has 0 N–H and O–H groups in total. The molecule has 4 rings (SSSR count). The molecular formula is C26H29FN2O. The number of hydrogen-bond donors (Lipinski definition) is 0. The molecule has 0 aliphatic heterocycles. The van der Waals surface area contributed by atoms with E-state index in [4.69, 9.17) is 0 Å². The second kappa shape index (κ2) is 9.29. The van der Waals surface area contributed by atoms with Gasteiger partial charge in [0.1, 0.15) is 5.82 Å². The summed E-state index contributed by atoms with van der Waals surface area (Å²) in [6, 6.07) is 19.1. The zero-order chi connectivity index (χ0) is 20.9. The summed E-state index contributed by atoms with van der Waals surface area (Å²) in [5, 5.41) is 0. The highest BCUT2D eigenvalue weighted by Gasteiger charge is 2.28. The first-order valence-electron chi connectivity index (χ1n) is 10.9. The van der Waals surface area contributed by atoms with Crippen LogP contribution in [-0.2, 0) is 13.1 Å². The maximum Gasteiger partial charge on any atom is 0.257 e. The summed E-state index contributed by atoms with van der Waals surface area (Å²) in [4.78, 5) is 15.3. The van der Waals surface area contributed by atoms with Crippen molar-refractivity contribution in [3.8, 4) is 0 Å². The Balaban J connectivity index is 1.60. The van der Waals surface area contributed by atoms with Crippen LogP contribution in [0.4, 0.5) is 4.39 Å². The maximum atomic E-state index is 14.4. The van der Waals surface area contributed by atoms with Crippen LogP contribution in [0.25, 0.3) is 0 Å². The minimum absolute atomic E-state index is 0.160. The normalized spacial score (nSPS) is 14.6. The monoisotopic (exact) mass is 404 g/mol. The van der Waals surface area contributed by atoms with Gasteiger partial charge in [-0.2, -0.15) is 0 Å². The number of rotatable bonds is 6. The Morgan fingerprint density at radius 3 is 2.60 bits per heavy atom. The number of benzene rings is 2. The maximum absolute atomic E-state index is 14.4. The Morgan fingerprint density at radius 1 is 1.03 bits per heavy atom. The quantitative estimate of drug-likeness (QED) is 0.498. The Hall–Kier alpha value is -2.88. The van der Waals surface area contributed by atoms with E-state index in [1.54, 1.807) is 18.2 Å². The lowest BCUT2D eigenvalue weighted by atomic mass is 9.93. The number of amides is 1. The number of carbonyl (C=O) groups excluding carboxylic acids is 1. The minimum Gasteiger partial charge on any atom is -0.345 e. The molecule has 1 aliphatic rings. The molecule has 1 aromatic heterocycles. The van der Waals surface area contributed by atoms with Gasteiger partial charge in [-0.1, -0.05) is 61.2 Å². The van der Waals surface area contributed by atoms with Crippen molar-refractivity contribution in [2.75, 3.05) is 0 Å². The van der Waals surface area contributed by atoms with Crippen LogP contribution in [-0.4, -0.2) is 21.4 Å². The first-order chi connectivity index (χ1) is 14.6. The van der Waals surface area contributed by atoms with Crippen LogP contribution in [0.15, 0.2) is 66.9 Å². The standard InChI is InChI=1S/C26H29FN2O/c1-20-9-7-10-21(17-20)18-28-16-8-13-23(28)19-29(22-11-3-2-4-12-22)26(30)24-14-5-6-15-25(24)27/h5-10,13-17,22H,2-4,11-12,18-19H2,1H3. The molecule has 156 valence electrons. The van der Waals surface area contributed by atoms with E-state index in [9.17, 15) is 9.18 Å². The third-order valence-corrected chi connectivity index (χ3v) is 6.07. The van der Waals surface area contributed by atoms with E-state index in [0.717, 1.165) is 37.9 Å². The van der Waals surface area contributed by atoms with Crippen molar-refractivity contribution in [3.63, 3.8) is 0 Å². The molecule has 4 heteroatoms. The number of hydrogen-bond acceptors (Lipinski definition) is 1. The van der Waals surface area contributed by atoms with Crippen LogP contribution in [0, 0.1) is 12.7 Å². The van der Waals surface area contributed by atoms with Gasteiger partial charge in [0.15, 0.2) is 0 Å². The van der Waals surface area contributed by atoms with Crippen molar-refractivity contribution < 1.29 is 9.18 Å². The van der Waals surface area contributed by atoms with Gasteiger partial charge in [0, 0.05) is 24.5 Å². The van der Waals surface area contributed by atoms with E-state index in [0.29, 0.717) is 6.54 Å². The fraction of sp³-hybridized carbons (Fsp3) is 0.346. The minimum atomic E-state index is -0.446. The summed E-state index contributed by atoms with van der Waals surface area (Å²) < 4.78 is 16.6. The molecule has 1 amide bonds. The lowest BCUT2D eigenvalue weighted by molar-refractivity contribution is 0.0604. The van der Waals surface area contributed by atoms with Crippen molar-refractivity contribution in [2.24, 2.45) is 0 Å². The van der Waals surface area contributed by atoms with Crippen LogP contribution < -0.4 is 0 Å². The van der Waals surface area contributed by atoms with Crippen LogP contribution in [0.3, 0.4) is 0 Å². The molecule has 1 saturated carbocycles. The molecule has 3 aromatic rings. The van der Waals surface area contributed by atoms with Gasteiger partial charge < -0.3 is 9.47 Å². The fourth-order valence-electron chi connectivity index (χ4n) is 4.48. The van der Waals surface area contributed by atoms with E-state index in [-0.39, 0.29) is 17.5 Å². The van der Waals surface area contributed by atoms with Gasteiger partial charge in [-0.05, 0) is 49.6 Å². The van der Waals surface area contributed by atoms with Crippen molar-refractivity contribution in [1.82, 2.24) is 9.47 Å². The molecule has 1 heterocycles. The highest BCUT2D eigenvalue weighted by atomic mass is 19.1. The number of aromatic nitrogens is 1. The SMILES string of the molecule is Cc1cccc(Cn2cccc2CN(C(=O)c2ccccc2F)C2CCCCC2)c1. The van der Waals surface area contributed by atoms with Crippen LogP contribution in [0.1, 0.15) is 59.3 Å². The molecule has 0 bridgehead atoms. The topological polar surface area (TPSA) is 25.2 Å². The molecule has 0 saturated heterocycles. The molecule has 0 atom stereocenters. The smallest absolute Gasteiger partial charge is 0.257 e. The highest BCUT2D eigenvalue weighted by molar-refractivity contribution is 5.94. The Labute approximate surface area is 178 Å². The van der Waals surface area contributed by atoms with Gasteiger partial charge in [0.05, 0.1) is 12.1 Å². The van der Waals surface area contributed by atoms with Gasteiger partial charge in [-0.25, -0.2) is 4.39 Å². The molecule has 0 radical (unpaired) electrons. The largest absolute Gasteiger partial charge is 0.345 e. The number of carbonyl (C=O) groups is 1. The molecule has 0 spiro atoms. The summed E-state index contributed by atoms with van der Waals surface area (Å²) in [7, 11) is 0. The third kappa shape index (κ3) is 4.64. The average molecular weight is 405 g/mol. The highest BCUT2D eigenvalue weighted by Crippen LogP contribution is 2.26. The van der Waals surface area contributed by atoms with Crippen LogP contribution in [0.2, 0.25) is 0 Å². The first kappa shape index (κ1) is 20.4. The van der Waals surface area contributed by atoms with E-state index in [1.165, 1.54) is 23.6 Å². The fourth-order valence-corrected chi connectivity index (χ4v) is 4.48. The summed E-state index contributed by atoms with van der Waals surface area (Å²) in [6.07, 6.45) is 7.48. The van der Waals surface area contributed by atoms with E-state index < -0.39 is 5.82 Å². The van der Waals surface area contributed by atoms with Gasteiger partial charge in [-0.3, -0.25) is 4.79 Å². The van der Waals surface area contributed by atoms with Crippen LogP contribution >= 0.6 is 0 Å². The van der Waals surface area contributed by atoms with E-state index in [1.807, 2.05) is 11.0 Å². The second-order valence-corrected chi connectivity index (χ2v) is 8.32. The second-order valence-electron chi connectivity index (χ2n) is 8.32. The lowest BCUT2D eigenvalue weighted by Crippen LogP contribution is -2.41. The third-order valence-electron chi connectivity index (χ3n) is 6.07. The van der Waals surface area contributed by atoms with Gasteiger partial charge in [0.25, 0.3) is 5.91 Å². The zero-order valence-electron chi connectivity index (χ0n) is 17.6. The Kier molecular flexibility index (Phi) is 6.32. The lowest BCUT2D eigenvalue weighted by Gasteiger charge is -2.35. The summed E-state index contributed by atoms with van der Waals surface area (Å²) >= 11 is 0. The molecule has 1 aliphatic carbocycles. The zero-order valence-corrected chi connectivity index (χ0v) is 17.6. The van der Waals surface area contributed by atoms with E-state index >= 15 is 0 Å². The van der Waals surface area contributed by atoms with Crippen molar-refractivity contribution in [2.45, 2.75) is 58.2 Å². The molecular weight excluding hydrogens is 375 g/mol. The predicted molar refractivity (Wildman–Crippen MR) is 118 cm³/mol. The van der Waals surface area contributed by atoms with Gasteiger partial charge in [-0.15, -0.1) is 0 Å². The molecule has 1 fully saturated rings. The van der Waals surface area contributed by atoms with Crippen LogP contribution in [0.5, 0.6) is 0 Å². The van der Waals surface area contributed by atoms with Gasteiger partial charge in [0.2, 0.25) is 0 Å². The Morgan fingerprint density at radius 2 is 1.83 bits per heavy atom. The van der Waals surface area contributed by atoms with E-state index in [2.05, 4.69) is 48.0 Å². The number of halogens is 1.